The van der Waals surface area contributed by atoms with E-state index in [1.807, 2.05) is 36.7 Å². The van der Waals surface area contributed by atoms with Crippen molar-refractivity contribution in [1.82, 2.24) is 9.55 Å². The van der Waals surface area contributed by atoms with Crippen molar-refractivity contribution < 1.29 is 0 Å². The van der Waals surface area contributed by atoms with E-state index in [1.165, 1.54) is 0 Å². The first-order chi connectivity index (χ1) is 6.70. The summed E-state index contributed by atoms with van der Waals surface area (Å²) in [6, 6.07) is 10.1. The molecule has 0 aliphatic heterocycles. The van der Waals surface area contributed by atoms with Crippen molar-refractivity contribution in [3.8, 4) is 11.3 Å². The van der Waals surface area contributed by atoms with E-state index in [0.717, 1.165) is 17.0 Å². The molecule has 3 nitrogen and oxygen atoms in total. The molecule has 0 radical (unpaired) electrons. The molecule has 0 atom stereocenters. The van der Waals surface area contributed by atoms with Gasteiger partial charge in [-0.05, 0) is 6.92 Å². The Balaban J connectivity index is 2.62. The highest BCUT2D eigenvalue weighted by molar-refractivity contribution is 5.64. The van der Waals surface area contributed by atoms with Gasteiger partial charge in [-0.15, -0.1) is 0 Å². The number of nitrogens with zero attached hydrogens (tertiary/aromatic N) is 2. The van der Waals surface area contributed by atoms with E-state index in [0.29, 0.717) is 5.95 Å². The monoisotopic (exact) mass is 187 g/mol. The quantitative estimate of drug-likeness (QED) is 0.741. The van der Waals surface area contributed by atoms with E-state index in [1.54, 1.807) is 0 Å². The van der Waals surface area contributed by atoms with Crippen molar-refractivity contribution >= 4 is 5.95 Å². The lowest BCUT2D eigenvalue weighted by molar-refractivity contribution is 0.938. The highest BCUT2D eigenvalue weighted by Gasteiger charge is 2.09. The van der Waals surface area contributed by atoms with Crippen LogP contribution in [0.3, 0.4) is 0 Å². The Morgan fingerprint density at radius 1 is 1.21 bits per heavy atom. The van der Waals surface area contributed by atoms with Gasteiger partial charge in [-0.25, -0.2) is 4.98 Å². The van der Waals surface area contributed by atoms with Crippen LogP contribution in [0, 0.1) is 6.92 Å². The van der Waals surface area contributed by atoms with Gasteiger partial charge in [0.05, 0.1) is 11.4 Å². The molecule has 0 spiro atoms. The number of hydrogen-bond donors (Lipinski definition) is 1. The third-order valence-corrected chi connectivity index (χ3v) is 2.35. The standard InChI is InChI=1S/C11H13N3/c1-8-10(14(2)11(12)13-8)9-6-4-3-5-7-9/h3-7H,1-2H3,(H2,12,13). The van der Waals surface area contributed by atoms with Gasteiger partial charge in [0.1, 0.15) is 0 Å². The van der Waals surface area contributed by atoms with Gasteiger partial charge in [-0.1, -0.05) is 30.3 Å². The maximum Gasteiger partial charge on any atom is 0.200 e. The zero-order valence-electron chi connectivity index (χ0n) is 8.36. The Hall–Kier alpha value is -1.77. The van der Waals surface area contributed by atoms with E-state index >= 15 is 0 Å². The van der Waals surface area contributed by atoms with E-state index < -0.39 is 0 Å². The molecule has 2 rings (SSSR count). The van der Waals surface area contributed by atoms with Crippen LogP contribution in [0.1, 0.15) is 5.69 Å². The van der Waals surface area contributed by atoms with Crippen LogP contribution in [0.25, 0.3) is 11.3 Å². The molecule has 0 fully saturated rings. The molecule has 2 N–H and O–H groups in total. The van der Waals surface area contributed by atoms with Gasteiger partial charge in [-0.2, -0.15) is 0 Å². The zero-order chi connectivity index (χ0) is 10.1. The van der Waals surface area contributed by atoms with Crippen molar-refractivity contribution in [2.24, 2.45) is 7.05 Å². The van der Waals surface area contributed by atoms with Gasteiger partial charge in [-0.3, -0.25) is 0 Å². The molecule has 0 amide bonds. The number of rotatable bonds is 1. The lowest BCUT2D eigenvalue weighted by Gasteiger charge is -2.03. The fourth-order valence-electron chi connectivity index (χ4n) is 1.66. The summed E-state index contributed by atoms with van der Waals surface area (Å²) < 4.78 is 1.91. The SMILES string of the molecule is Cc1nc(N)n(C)c1-c1ccccc1. The normalized spacial score (nSPS) is 10.4. The fourth-order valence-corrected chi connectivity index (χ4v) is 1.66. The minimum atomic E-state index is 0.557. The Kier molecular flexibility index (Phi) is 2.00. The van der Waals surface area contributed by atoms with Crippen molar-refractivity contribution in [3.63, 3.8) is 0 Å². The van der Waals surface area contributed by atoms with Crippen LogP contribution in [-0.2, 0) is 7.05 Å². The predicted octanol–water partition coefficient (Wildman–Crippen LogP) is 1.98. The molecular weight excluding hydrogens is 174 g/mol. The van der Waals surface area contributed by atoms with Crippen molar-refractivity contribution in [3.05, 3.63) is 36.0 Å². The van der Waals surface area contributed by atoms with Crippen LogP contribution in [-0.4, -0.2) is 9.55 Å². The summed E-state index contributed by atoms with van der Waals surface area (Å²) >= 11 is 0. The molecule has 72 valence electrons. The molecule has 2 aromatic rings. The molecule has 1 aromatic carbocycles. The molecule has 1 aromatic heterocycles. The second-order valence-corrected chi connectivity index (χ2v) is 3.33. The number of imidazole rings is 1. The van der Waals surface area contributed by atoms with Crippen LogP contribution in [0.4, 0.5) is 5.95 Å². The second-order valence-electron chi connectivity index (χ2n) is 3.33. The molecule has 0 aliphatic rings. The lowest BCUT2D eigenvalue weighted by atomic mass is 10.1. The maximum absolute atomic E-state index is 5.73. The van der Waals surface area contributed by atoms with Crippen molar-refractivity contribution in [2.75, 3.05) is 5.73 Å². The average Bonchev–Trinajstić information content (AvgIpc) is 2.43. The van der Waals surface area contributed by atoms with Gasteiger partial charge in [0, 0.05) is 12.6 Å². The van der Waals surface area contributed by atoms with Crippen LogP contribution >= 0.6 is 0 Å². The smallest absolute Gasteiger partial charge is 0.200 e. The van der Waals surface area contributed by atoms with Crippen LogP contribution in [0.5, 0.6) is 0 Å². The minimum Gasteiger partial charge on any atom is -0.369 e. The van der Waals surface area contributed by atoms with Crippen molar-refractivity contribution in [2.45, 2.75) is 6.92 Å². The zero-order valence-corrected chi connectivity index (χ0v) is 8.36. The molecule has 0 unspecified atom stereocenters. The summed E-state index contributed by atoms with van der Waals surface area (Å²) in [7, 11) is 1.93. The predicted molar refractivity (Wildman–Crippen MR) is 57.8 cm³/mol. The number of benzene rings is 1. The average molecular weight is 187 g/mol. The number of hydrogen-bond acceptors (Lipinski definition) is 2. The van der Waals surface area contributed by atoms with Gasteiger partial charge in [0.15, 0.2) is 0 Å². The first-order valence-electron chi connectivity index (χ1n) is 4.54. The molecule has 3 heteroatoms. The van der Waals surface area contributed by atoms with Gasteiger partial charge in [0.2, 0.25) is 5.95 Å². The summed E-state index contributed by atoms with van der Waals surface area (Å²) in [5.41, 5.74) is 8.94. The highest BCUT2D eigenvalue weighted by atomic mass is 15.1. The third kappa shape index (κ3) is 1.27. The minimum absolute atomic E-state index is 0.557. The summed E-state index contributed by atoms with van der Waals surface area (Å²) in [6.45, 7) is 1.97. The topological polar surface area (TPSA) is 43.8 Å². The second kappa shape index (κ2) is 3.18. The molecule has 0 saturated carbocycles. The van der Waals surface area contributed by atoms with Crippen LogP contribution < -0.4 is 5.73 Å². The molecule has 0 saturated heterocycles. The summed E-state index contributed by atoms with van der Waals surface area (Å²) in [6.07, 6.45) is 0. The Morgan fingerprint density at radius 2 is 1.86 bits per heavy atom. The summed E-state index contributed by atoms with van der Waals surface area (Å²) in [5, 5.41) is 0. The van der Waals surface area contributed by atoms with E-state index in [4.69, 9.17) is 5.73 Å². The van der Waals surface area contributed by atoms with Gasteiger partial charge in [0.25, 0.3) is 0 Å². The maximum atomic E-state index is 5.73. The number of aromatic nitrogens is 2. The molecule has 14 heavy (non-hydrogen) atoms. The van der Waals surface area contributed by atoms with Crippen molar-refractivity contribution in [1.29, 1.82) is 0 Å². The van der Waals surface area contributed by atoms with E-state index in [9.17, 15) is 0 Å². The molecule has 0 aliphatic carbocycles. The van der Waals surface area contributed by atoms with Gasteiger partial charge < -0.3 is 10.3 Å². The van der Waals surface area contributed by atoms with Crippen LogP contribution in [0.2, 0.25) is 0 Å². The molecule has 1 heterocycles. The number of nitrogen functional groups attached to an aromatic ring is 1. The molecule has 0 bridgehead atoms. The first kappa shape index (κ1) is 8.81. The summed E-state index contributed by atoms with van der Waals surface area (Å²) in [5.74, 6) is 0.557. The van der Waals surface area contributed by atoms with E-state index in [2.05, 4.69) is 17.1 Å². The first-order valence-corrected chi connectivity index (χ1v) is 4.54. The largest absolute Gasteiger partial charge is 0.369 e. The fraction of sp³-hybridized carbons (Fsp3) is 0.182. The number of aryl methyl sites for hydroxylation is 1. The van der Waals surface area contributed by atoms with Crippen LogP contribution in [0.15, 0.2) is 30.3 Å². The third-order valence-electron chi connectivity index (χ3n) is 2.35. The summed E-state index contributed by atoms with van der Waals surface area (Å²) in [4.78, 5) is 4.23. The molecular formula is C11H13N3. The Morgan fingerprint density at radius 3 is 2.36 bits per heavy atom. The Labute approximate surface area is 83.2 Å². The highest BCUT2D eigenvalue weighted by Crippen LogP contribution is 2.24. The Bertz CT molecular complexity index is 443. The van der Waals surface area contributed by atoms with E-state index in [-0.39, 0.29) is 0 Å². The number of anilines is 1. The number of nitrogens with two attached hydrogens (primary N) is 1. The lowest BCUT2D eigenvalue weighted by Crippen LogP contribution is -1.98. The van der Waals surface area contributed by atoms with Gasteiger partial charge >= 0.3 is 0 Å².